The van der Waals surface area contributed by atoms with E-state index in [2.05, 4.69) is 0 Å². The Morgan fingerprint density at radius 3 is 2.06 bits per heavy atom. The van der Waals surface area contributed by atoms with E-state index >= 15 is 0 Å². The van der Waals surface area contributed by atoms with Gasteiger partial charge in [-0.05, 0) is 29.8 Å². The molecule has 1 aliphatic carbocycles. The molecule has 0 spiro atoms. The summed E-state index contributed by atoms with van der Waals surface area (Å²) in [5.74, 6) is -3.59. The van der Waals surface area contributed by atoms with Gasteiger partial charge in [0.2, 0.25) is 5.78 Å². The Kier molecular flexibility index (Phi) is 2.48. The number of halogens is 2. The Morgan fingerprint density at radius 2 is 1.44 bits per heavy atom. The molecule has 2 rings (SSSR count). The molecule has 0 N–H and O–H groups in total. The Hall–Kier alpha value is -2.10. The summed E-state index contributed by atoms with van der Waals surface area (Å²) in [7, 11) is 0. The number of Topliss-reactive ketones (excluding diaryl/α,β-unsaturated/α-hetero) is 2. The monoisotopic (exact) mass is 220 g/mol. The molecule has 80 valence electrons. The first-order valence-electron chi connectivity index (χ1n) is 4.52. The van der Waals surface area contributed by atoms with Crippen molar-refractivity contribution < 1.29 is 18.4 Å². The zero-order valence-electron chi connectivity index (χ0n) is 8.04. The van der Waals surface area contributed by atoms with Gasteiger partial charge in [0.25, 0.3) is 5.78 Å². The fraction of sp³-hybridized carbons (Fsp3) is 0. The van der Waals surface area contributed by atoms with Gasteiger partial charge in [0.1, 0.15) is 5.82 Å². The third-order valence-corrected chi connectivity index (χ3v) is 2.22. The second-order valence-corrected chi connectivity index (χ2v) is 3.26. The molecule has 0 fully saturated rings. The normalized spacial score (nSPS) is 15.9. The highest BCUT2D eigenvalue weighted by Gasteiger charge is 2.26. The van der Waals surface area contributed by atoms with Crippen LogP contribution in [0.25, 0.3) is 5.57 Å². The molecule has 1 aromatic carbocycles. The summed E-state index contributed by atoms with van der Waals surface area (Å²) in [6.45, 7) is 0. The van der Waals surface area contributed by atoms with Gasteiger partial charge in [0.15, 0.2) is 5.83 Å². The highest BCUT2D eigenvalue weighted by Crippen LogP contribution is 2.22. The molecule has 1 aromatic rings. The van der Waals surface area contributed by atoms with Crippen molar-refractivity contribution in [2.75, 3.05) is 0 Å². The minimum absolute atomic E-state index is 0.0754. The second-order valence-electron chi connectivity index (χ2n) is 3.26. The van der Waals surface area contributed by atoms with Crippen molar-refractivity contribution in [1.82, 2.24) is 0 Å². The number of ketones is 2. The number of carbonyl (C=O) groups is 2. The first-order chi connectivity index (χ1) is 7.59. The molecule has 0 saturated carbocycles. The van der Waals surface area contributed by atoms with Crippen molar-refractivity contribution in [2.45, 2.75) is 0 Å². The standard InChI is InChI=1S/C12H6F2O2/c13-8-3-1-7(2-4-8)9-5-6-10(14)12(16)11(9)15/h1-6H. The third kappa shape index (κ3) is 1.69. The molecule has 0 heterocycles. The topological polar surface area (TPSA) is 34.1 Å². The van der Waals surface area contributed by atoms with Crippen LogP contribution in [0.4, 0.5) is 8.78 Å². The highest BCUT2D eigenvalue weighted by molar-refractivity contribution is 6.58. The molecule has 0 saturated heterocycles. The summed E-state index contributed by atoms with van der Waals surface area (Å²) in [4.78, 5) is 22.5. The molecule has 0 radical (unpaired) electrons. The summed E-state index contributed by atoms with van der Waals surface area (Å²) >= 11 is 0. The van der Waals surface area contributed by atoms with Crippen LogP contribution in [-0.4, -0.2) is 11.6 Å². The molecular weight excluding hydrogens is 214 g/mol. The minimum Gasteiger partial charge on any atom is -0.285 e. The average molecular weight is 220 g/mol. The summed E-state index contributed by atoms with van der Waals surface area (Å²) in [5, 5.41) is 0. The number of carbonyl (C=O) groups excluding carboxylic acids is 2. The Balaban J connectivity index is 2.46. The van der Waals surface area contributed by atoms with Crippen LogP contribution < -0.4 is 0 Å². The number of hydrogen-bond acceptors (Lipinski definition) is 2. The van der Waals surface area contributed by atoms with Crippen LogP contribution in [-0.2, 0) is 9.59 Å². The molecule has 4 heteroatoms. The fourth-order valence-corrected chi connectivity index (χ4v) is 1.40. The van der Waals surface area contributed by atoms with Crippen molar-refractivity contribution in [3.63, 3.8) is 0 Å². The second kappa shape index (κ2) is 3.81. The lowest BCUT2D eigenvalue weighted by atomic mass is 9.95. The lowest BCUT2D eigenvalue weighted by Crippen LogP contribution is -2.18. The largest absolute Gasteiger partial charge is 0.285 e. The van der Waals surface area contributed by atoms with Gasteiger partial charge in [-0.3, -0.25) is 9.59 Å². The van der Waals surface area contributed by atoms with E-state index < -0.39 is 23.2 Å². The lowest BCUT2D eigenvalue weighted by Gasteiger charge is -2.08. The van der Waals surface area contributed by atoms with Crippen LogP contribution >= 0.6 is 0 Å². The number of hydrogen-bond donors (Lipinski definition) is 0. The predicted molar refractivity (Wildman–Crippen MR) is 53.6 cm³/mol. The average Bonchev–Trinajstić information content (AvgIpc) is 2.28. The van der Waals surface area contributed by atoms with E-state index in [4.69, 9.17) is 0 Å². The van der Waals surface area contributed by atoms with Crippen LogP contribution in [0, 0.1) is 5.82 Å². The highest BCUT2D eigenvalue weighted by atomic mass is 19.1. The maximum Gasteiger partial charge on any atom is 0.261 e. The predicted octanol–water partition coefficient (Wildman–Crippen LogP) is 2.21. The van der Waals surface area contributed by atoms with Crippen molar-refractivity contribution in [3.8, 4) is 0 Å². The van der Waals surface area contributed by atoms with Gasteiger partial charge < -0.3 is 0 Å². The maximum absolute atomic E-state index is 12.8. The summed E-state index contributed by atoms with van der Waals surface area (Å²) in [6, 6.07) is 5.07. The van der Waals surface area contributed by atoms with Gasteiger partial charge in [0.05, 0.1) is 0 Å². The van der Waals surface area contributed by atoms with Crippen LogP contribution in [0.1, 0.15) is 5.56 Å². The third-order valence-electron chi connectivity index (χ3n) is 2.22. The quantitative estimate of drug-likeness (QED) is 0.537. The molecular formula is C12H6F2O2. The summed E-state index contributed by atoms with van der Waals surface area (Å²) in [6.07, 6.45) is 2.15. The molecule has 0 amide bonds. The Labute approximate surface area is 89.9 Å². The molecule has 0 atom stereocenters. The van der Waals surface area contributed by atoms with E-state index in [1.54, 1.807) is 0 Å². The fourth-order valence-electron chi connectivity index (χ4n) is 1.40. The summed E-state index contributed by atoms with van der Waals surface area (Å²) < 4.78 is 25.4. The Morgan fingerprint density at radius 1 is 0.812 bits per heavy atom. The number of benzene rings is 1. The zero-order valence-corrected chi connectivity index (χ0v) is 8.04. The van der Waals surface area contributed by atoms with Gasteiger partial charge in [-0.15, -0.1) is 0 Å². The molecule has 1 aliphatic rings. The van der Waals surface area contributed by atoms with E-state index in [-0.39, 0.29) is 5.57 Å². The number of allylic oxidation sites excluding steroid dienone is 4. The first-order valence-corrected chi connectivity index (χ1v) is 4.52. The molecule has 0 aliphatic heterocycles. The van der Waals surface area contributed by atoms with Crippen LogP contribution in [0.3, 0.4) is 0 Å². The van der Waals surface area contributed by atoms with E-state index in [1.165, 1.54) is 30.3 Å². The van der Waals surface area contributed by atoms with Crippen LogP contribution in [0.5, 0.6) is 0 Å². The van der Waals surface area contributed by atoms with Crippen molar-refractivity contribution in [2.24, 2.45) is 0 Å². The number of rotatable bonds is 1. The SMILES string of the molecule is O=C1C(=O)C(c2ccc(F)cc2)=CC=C1F. The van der Waals surface area contributed by atoms with E-state index in [1.807, 2.05) is 0 Å². The first kappa shape index (κ1) is 10.4. The lowest BCUT2D eigenvalue weighted by molar-refractivity contribution is -0.131. The van der Waals surface area contributed by atoms with Gasteiger partial charge in [-0.25, -0.2) is 8.78 Å². The molecule has 0 aromatic heterocycles. The maximum atomic E-state index is 12.8. The zero-order chi connectivity index (χ0) is 11.7. The van der Waals surface area contributed by atoms with Crippen LogP contribution in [0.2, 0.25) is 0 Å². The van der Waals surface area contributed by atoms with Gasteiger partial charge >= 0.3 is 0 Å². The van der Waals surface area contributed by atoms with Gasteiger partial charge in [-0.2, -0.15) is 0 Å². The van der Waals surface area contributed by atoms with E-state index in [0.717, 1.165) is 6.08 Å². The van der Waals surface area contributed by atoms with Gasteiger partial charge in [0, 0.05) is 5.57 Å². The van der Waals surface area contributed by atoms with E-state index in [0.29, 0.717) is 5.56 Å². The minimum atomic E-state index is -1.16. The van der Waals surface area contributed by atoms with Gasteiger partial charge in [-0.1, -0.05) is 12.1 Å². The van der Waals surface area contributed by atoms with Crippen molar-refractivity contribution in [1.29, 1.82) is 0 Å². The van der Waals surface area contributed by atoms with Crippen molar-refractivity contribution >= 4 is 17.1 Å². The summed E-state index contributed by atoms with van der Waals surface area (Å²) in [5.41, 5.74) is 0.468. The smallest absolute Gasteiger partial charge is 0.261 e. The van der Waals surface area contributed by atoms with Crippen LogP contribution in [0.15, 0.2) is 42.2 Å². The molecule has 0 bridgehead atoms. The molecule has 0 unspecified atom stereocenters. The Bertz CT molecular complexity index is 524. The molecule has 2 nitrogen and oxygen atoms in total. The van der Waals surface area contributed by atoms with Crippen molar-refractivity contribution in [3.05, 3.63) is 53.6 Å². The molecule has 16 heavy (non-hydrogen) atoms. The van der Waals surface area contributed by atoms with E-state index in [9.17, 15) is 18.4 Å².